The summed E-state index contributed by atoms with van der Waals surface area (Å²) in [4.78, 5) is 30.4. The molecule has 0 aromatic carbocycles. The van der Waals surface area contributed by atoms with E-state index in [1.165, 1.54) is 11.3 Å². The second-order valence-corrected chi connectivity index (χ2v) is 11.6. The van der Waals surface area contributed by atoms with Crippen LogP contribution in [0.2, 0.25) is 0 Å². The Morgan fingerprint density at radius 2 is 1.94 bits per heavy atom. The standard InChI is InChI=1S/C26H39NO7S/c1-14-7-6-8-18-20(33-18)10-19(15(2)9-17-13-35-22(12-28)27-17)34-23(30)11-21(29)26(4,5)25(32)16(3)24(14)31/h9,13-14,16,18-21,24,28-29,31H,6-8,10-12H2,1-5H3/b15-9+/t14-,16-,18?,19+,20?,21+,24+/m1/s1. The minimum absolute atomic E-state index is 0.0328. The Balaban J connectivity index is 1.81. The van der Waals surface area contributed by atoms with Crippen LogP contribution in [0.5, 0.6) is 0 Å². The van der Waals surface area contributed by atoms with E-state index >= 15 is 0 Å². The molecule has 1 aromatic rings. The molecule has 9 heteroatoms. The summed E-state index contributed by atoms with van der Waals surface area (Å²) in [6, 6.07) is 0. The number of cyclic esters (lactones) is 1. The first-order valence-corrected chi connectivity index (χ1v) is 13.3. The third-order valence-electron chi connectivity index (χ3n) is 7.48. The molecule has 0 aliphatic carbocycles. The third kappa shape index (κ3) is 6.98. The van der Waals surface area contributed by atoms with Gasteiger partial charge in [0.05, 0.1) is 48.6 Å². The molecule has 2 saturated heterocycles. The lowest BCUT2D eigenvalue weighted by atomic mass is 9.73. The fourth-order valence-electron chi connectivity index (χ4n) is 4.80. The van der Waals surface area contributed by atoms with E-state index in [-0.39, 0.29) is 36.9 Å². The molecule has 3 heterocycles. The van der Waals surface area contributed by atoms with Crippen molar-refractivity contribution in [3.05, 3.63) is 21.7 Å². The maximum absolute atomic E-state index is 13.2. The molecule has 0 radical (unpaired) electrons. The number of carbonyl (C=O) groups is 2. The summed E-state index contributed by atoms with van der Waals surface area (Å²) >= 11 is 1.35. The van der Waals surface area contributed by atoms with Gasteiger partial charge in [0.15, 0.2) is 0 Å². The molecule has 0 bridgehead atoms. The number of fused-ring (bicyclic) bond motifs is 1. The van der Waals surface area contributed by atoms with Gasteiger partial charge in [0.1, 0.15) is 16.9 Å². The number of ether oxygens (including phenoxy) is 2. The molecule has 2 aliphatic rings. The van der Waals surface area contributed by atoms with Crippen LogP contribution in [0.3, 0.4) is 0 Å². The molecule has 2 fully saturated rings. The number of esters is 1. The molecule has 0 spiro atoms. The van der Waals surface area contributed by atoms with Crippen LogP contribution in [0.25, 0.3) is 6.08 Å². The van der Waals surface area contributed by atoms with Gasteiger partial charge in [-0.1, -0.05) is 34.1 Å². The van der Waals surface area contributed by atoms with Gasteiger partial charge in [-0.3, -0.25) is 9.59 Å². The van der Waals surface area contributed by atoms with Crippen molar-refractivity contribution in [1.29, 1.82) is 0 Å². The normalized spacial score (nSPS) is 35.3. The van der Waals surface area contributed by atoms with Crippen LogP contribution < -0.4 is 0 Å². The lowest BCUT2D eigenvalue weighted by molar-refractivity contribution is -0.154. The van der Waals surface area contributed by atoms with E-state index in [9.17, 15) is 24.9 Å². The fraction of sp³-hybridized carbons (Fsp3) is 0.731. The predicted octanol–water partition coefficient (Wildman–Crippen LogP) is 3.27. The number of aliphatic hydroxyl groups is 3. The molecule has 1 aromatic heterocycles. The number of nitrogens with zero attached hydrogens (tertiary/aromatic N) is 1. The lowest BCUT2D eigenvalue weighted by Crippen LogP contribution is -2.45. The van der Waals surface area contributed by atoms with Gasteiger partial charge in [-0.05, 0) is 37.3 Å². The molecular formula is C26H39NO7S. The predicted molar refractivity (Wildman–Crippen MR) is 132 cm³/mol. The summed E-state index contributed by atoms with van der Waals surface area (Å²) in [5.41, 5.74) is 0.253. The zero-order chi connectivity index (χ0) is 25.9. The van der Waals surface area contributed by atoms with Crippen molar-refractivity contribution in [3.8, 4) is 0 Å². The smallest absolute Gasteiger partial charge is 0.309 e. The van der Waals surface area contributed by atoms with Crippen LogP contribution in [0, 0.1) is 17.3 Å². The molecule has 196 valence electrons. The van der Waals surface area contributed by atoms with E-state index in [0.29, 0.717) is 17.1 Å². The van der Waals surface area contributed by atoms with Crippen LogP contribution in [0.1, 0.15) is 77.4 Å². The Labute approximate surface area is 211 Å². The molecule has 3 N–H and O–H groups in total. The van der Waals surface area contributed by atoms with Gasteiger partial charge in [-0.15, -0.1) is 11.3 Å². The SMILES string of the molecule is C/C(=C\c1csc(CO)n1)[C@@H]1CC2OC2CCC[C@@H](C)[C@H](O)[C@@H](C)C(=O)C(C)(C)[C@@H](O)CC(=O)O1. The van der Waals surface area contributed by atoms with E-state index in [4.69, 9.17) is 9.47 Å². The highest BCUT2D eigenvalue weighted by atomic mass is 32.1. The Morgan fingerprint density at radius 1 is 1.23 bits per heavy atom. The highest BCUT2D eigenvalue weighted by molar-refractivity contribution is 7.09. The van der Waals surface area contributed by atoms with Crippen molar-refractivity contribution in [2.24, 2.45) is 17.3 Å². The van der Waals surface area contributed by atoms with E-state index < -0.39 is 35.6 Å². The largest absolute Gasteiger partial charge is 0.458 e. The number of carbonyl (C=O) groups excluding carboxylic acids is 2. The third-order valence-corrected chi connectivity index (χ3v) is 8.33. The van der Waals surface area contributed by atoms with Crippen LogP contribution in [0.15, 0.2) is 11.0 Å². The Kier molecular flexibility index (Phi) is 9.26. The average molecular weight is 510 g/mol. The van der Waals surface area contributed by atoms with Crippen molar-refractivity contribution >= 4 is 29.2 Å². The minimum Gasteiger partial charge on any atom is -0.458 e. The molecule has 2 unspecified atom stereocenters. The van der Waals surface area contributed by atoms with Crippen LogP contribution in [0.4, 0.5) is 0 Å². The van der Waals surface area contributed by atoms with Crippen LogP contribution >= 0.6 is 11.3 Å². The number of rotatable bonds is 3. The van der Waals surface area contributed by atoms with E-state index in [0.717, 1.165) is 24.8 Å². The quantitative estimate of drug-likeness (QED) is 0.418. The summed E-state index contributed by atoms with van der Waals surface area (Å²) in [5.74, 6) is -1.61. The van der Waals surface area contributed by atoms with Gasteiger partial charge in [-0.2, -0.15) is 0 Å². The van der Waals surface area contributed by atoms with Crippen molar-refractivity contribution in [2.75, 3.05) is 0 Å². The average Bonchev–Trinajstić information content (AvgIpc) is 3.38. The molecule has 0 amide bonds. The summed E-state index contributed by atoms with van der Waals surface area (Å²) in [6.45, 7) is 8.57. The molecular weight excluding hydrogens is 470 g/mol. The molecule has 7 atom stereocenters. The molecule has 35 heavy (non-hydrogen) atoms. The molecule has 2 aliphatic heterocycles. The van der Waals surface area contributed by atoms with Gasteiger partial charge >= 0.3 is 5.97 Å². The first-order valence-electron chi connectivity index (χ1n) is 12.4. The molecule has 8 nitrogen and oxygen atoms in total. The van der Waals surface area contributed by atoms with Gasteiger partial charge in [0.2, 0.25) is 0 Å². The topological polar surface area (TPSA) is 129 Å². The molecule has 3 rings (SSSR count). The minimum atomic E-state index is -1.25. The zero-order valence-electron chi connectivity index (χ0n) is 21.3. The van der Waals surface area contributed by atoms with E-state index in [2.05, 4.69) is 4.98 Å². The van der Waals surface area contributed by atoms with Crippen LogP contribution in [-0.2, 0) is 25.7 Å². The van der Waals surface area contributed by atoms with Gasteiger partial charge in [-0.25, -0.2) is 4.98 Å². The highest BCUT2D eigenvalue weighted by Crippen LogP contribution is 2.36. The van der Waals surface area contributed by atoms with Crippen molar-refractivity contribution in [1.82, 2.24) is 4.98 Å². The fourth-order valence-corrected chi connectivity index (χ4v) is 5.41. The Bertz CT molecular complexity index is 927. The number of Topliss-reactive ketones (excluding diaryl/α,β-unsaturated/α-hetero) is 1. The summed E-state index contributed by atoms with van der Waals surface area (Å²) < 4.78 is 11.7. The van der Waals surface area contributed by atoms with Crippen molar-refractivity contribution in [2.45, 2.75) is 104 Å². The lowest BCUT2D eigenvalue weighted by Gasteiger charge is -2.34. The number of aromatic nitrogens is 1. The number of thiazole rings is 1. The zero-order valence-corrected chi connectivity index (χ0v) is 22.1. The number of aliphatic hydroxyl groups excluding tert-OH is 3. The first kappa shape index (κ1) is 27.9. The molecule has 0 saturated carbocycles. The van der Waals surface area contributed by atoms with Crippen molar-refractivity contribution < 1.29 is 34.4 Å². The Hall–Kier alpha value is -1.65. The summed E-state index contributed by atoms with van der Waals surface area (Å²) in [7, 11) is 0. The maximum Gasteiger partial charge on any atom is 0.309 e. The number of epoxide rings is 1. The Morgan fingerprint density at radius 3 is 2.60 bits per heavy atom. The number of ketones is 1. The van der Waals surface area contributed by atoms with Gasteiger partial charge in [0.25, 0.3) is 0 Å². The van der Waals surface area contributed by atoms with Gasteiger partial charge < -0.3 is 24.8 Å². The van der Waals surface area contributed by atoms with E-state index in [1.54, 1.807) is 20.8 Å². The highest BCUT2D eigenvalue weighted by Gasteiger charge is 2.44. The van der Waals surface area contributed by atoms with Gasteiger partial charge in [0, 0.05) is 17.7 Å². The maximum atomic E-state index is 13.2. The van der Waals surface area contributed by atoms with Crippen molar-refractivity contribution in [3.63, 3.8) is 0 Å². The summed E-state index contributed by atoms with van der Waals surface area (Å²) in [6.07, 6.45) is 1.86. The monoisotopic (exact) mass is 509 g/mol. The summed E-state index contributed by atoms with van der Waals surface area (Å²) in [5, 5.41) is 33.3. The van der Waals surface area contributed by atoms with E-state index in [1.807, 2.05) is 25.3 Å². The second kappa shape index (κ2) is 11.6. The first-order chi connectivity index (χ1) is 16.4. The number of hydrogen-bond acceptors (Lipinski definition) is 9. The van der Waals surface area contributed by atoms with Crippen LogP contribution in [-0.4, -0.2) is 62.6 Å². The second-order valence-electron chi connectivity index (χ2n) is 10.6. The number of hydrogen-bond donors (Lipinski definition) is 3.